The molecule has 0 saturated heterocycles. The second kappa shape index (κ2) is 5.38. The van der Waals surface area contributed by atoms with E-state index in [1.807, 2.05) is 0 Å². The summed E-state index contributed by atoms with van der Waals surface area (Å²) in [7, 11) is 3.01. The maximum Gasteiger partial charge on any atom is 0.246 e. The quantitative estimate of drug-likeness (QED) is 0.773. The second-order valence-corrected chi connectivity index (χ2v) is 5.83. The van der Waals surface area contributed by atoms with Crippen molar-refractivity contribution in [3.63, 3.8) is 0 Å². The van der Waals surface area contributed by atoms with E-state index >= 15 is 0 Å². The first-order valence-corrected chi connectivity index (χ1v) is 7.19. The zero-order valence-corrected chi connectivity index (χ0v) is 12.0. The van der Waals surface area contributed by atoms with Crippen molar-refractivity contribution in [3.8, 4) is 11.8 Å². The molecule has 108 valence electrons. The Balaban J connectivity index is 1.73. The fourth-order valence-electron chi connectivity index (χ4n) is 3.75. The van der Waals surface area contributed by atoms with Crippen molar-refractivity contribution in [2.45, 2.75) is 32.1 Å². The van der Waals surface area contributed by atoms with Crippen molar-refractivity contribution in [1.82, 2.24) is 9.97 Å². The number of hydrogen-bond acceptors (Lipinski definition) is 5. The van der Waals surface area contributed by atoms with Gasteiger partial charge < -0.3 is 9.47 Å². The minimum absolute atomic E-state index is 0.0366. The van der Waals surface area contributed by atoms with Crippen molar-refractivity contribution >= 4 is 5.78 Å². The lowest BCUT2D eigenvalue weighted by Gasteiger charge is -2.20. The average Bonchev–Trinajstić information content (AvgIpc) is 3.09. The number of Topliss-reactive ketones (excluding diaryl/α,β-unsaturated/α-hetero) is 1. The Kier molecular flexibility index (Phi) is 3.59. The minimum atomic E-state index is 0.0366. The van der Waals surface area contributed by atoms with Gasteiger partial charge in [-0.15, -0.1) is 0 Å². The van der Waals surface area contributed by atoms with E-state index in [4.69, 9.17) is 9.47 Å². The molecule has 20 heavy (non-hydrogen) atoms. The number of nitrogens with zero attached hydrogens (tertiary/aromatic N) is 2. The van der Waals surface area contributed by atoms with Crippen molar-refractivity contribution in [3.05, 3.63) is 11.9 Å². The molecule has 1 heterocycles. The Bertz CT molecular complexity index is 518. The zero-order chi connectivity index (χ0) is 14.1. The number of hydrogen-bond donors (Lipinski definition) is 0. The van der Waals surface area contributed by atoms with Crippen molar-refractivity contribution in [2.75, 3.05) is 14.2 Å². The lowest BCUT2D eigenvalue weighted by Crippen LogP contribution is -2.17. The normalized spacial score (nSPS) is 27.6. The highest BCUT2D eigenvalue weighted by atomic mass is 16.5. The van der Waals surface area contributed by atoms with E-state index in [-0.39, 0.29) is 11.7 Å². The van der Waals surface area contributed by atoms with Gasteiger partial charge in [0.2, 0.25) is 11.8 Å². The predicted octanol–water partition coefficient (Wildman–Crippen LogP) is 2.50. The van der Waals surface area contributed by atoms with Gasteiger partial charge in [-0.1, -0.05) is 6.42 Å². The van der Waals surface area contributed by atoms with Gasteiger partial charge in [0, 0.05) is 6.42 Å². The molecule has 2 bridgehead atoms. The molecule has 0 aliphatic heterocycles. The first-order valence-electron chi connectivity index (χ1n) is 7.19. The van der Waals surface area contributed by atoms with Gasteiger partial charge in [-0.3, -0.25) is 4.79 Å². The Morgan fingerprint density at radius 1 is 1.30 bits per heavy atom. The van der Waals surface area contributed by atoms with Crippen LogP contribution < -0.4 is 9.47 Å². The molecule has 0 N–H and O–H groups in total. The van der Waals surface area contributed by atoms with Crippen LogP contribution in [-0.4, -0.2) is 30.0 Å². The van der Waals surface area contributed by atoms with Gasteiger partial charge in [0.25, 0.3) is 0 Å². The van der Waals surface area contributed by atoms with E-state index in [2.05, 4.69) is 9.97 Å². The Morgan fingerprint density at radius 2 is 2.15 bits per heavy atom. The molecule has 3 rings (SSSR count). The van der Waals surface area contributed by atoms with E-state index in [0.29, 0.717) is 23.9 Å². The van der Waals surface area contributed by atoms with Gasteiger partial charge in [-0.2, -0.15) is 4.98 Å². The summed E-state index contributed by atoms with van der Waals surface area (Å²) in [5.41, 5.74) is 0.330. The van der Waals surface area contributed by atoms with E-state index < -0.39 is 0 Å². The number of fused-ring (bicyclic) bond motifs is 2. The number of rotatable bonds is 5. The summed E-state index contributed by atoms with van der Waals surface area (Å²) < 4.78 is 10.2. The van der Waals surface area contributed by atoms with Crippen LogP contribution >= 0.6 is 0 Å². The number of aromatic nitrogens is 2. The molecular weight excluding hydrogens is 256 g/mol. The highest BCUT2D eigenvalue weighted by molar-refractivity contribution is 5.96. The van der Waals surface area contributed by atoms with Gasteiger partial charge in [0.05, 0.1) is 20.4 Å². The highest BCUT2D eigenvalue weighted by Gasteiger charge is 2.40. The van der Waals surface area contributed by atoms with Crippen LogP contribution in [0.2, 0.25) is 0 Å². The van der Waals surface area contributed by atoms with E-state index in [1.54, 1.807) is 0 Å². The van der Waals surface area contributed by atoms with Crippen LogP contribution in [0, 0.1) is 17.8 Å². The van der Waals surface area contributed by atoms with Crippen molar-refractivity contribution < 1.29 is 14.3 Å². The second-order valence-electron chi connectivity index (χ2n) is 5.83. The molecule has 0 amide bonds. The first kappa shape index (κ1) is 13.3. The summed E-state index contributed by atoms with van der Waals surface area (Å²) in [6.45, 7) is 0. The summed E-state index contributed by atoms with van der Waals surface area (Å²) in [6, 6.07) is 0. The molecule has 1 aromatic heterocycles. The topological polar surface area (TPSA) is 61.3 Å². The third kappa shape index (κ3) is 2.37. The van der Waals surface area contributed by atoms with E-state index in [9.17, 15) is 4.79 Å². The number of carbonyl (C=O) groups excluding carboxylic acids is 1. The molecule has 0 aromatic carbocycles. The maximum atomic E-state index is 12.4. The number of methoxy groups -OCH3 is 2. The summed E-state index contributed by atoms with van der Waals surface area (Å²) in [6.07, 6.45) is 7.18. The summed E-state index contributed by atoms with van der Waals surface area (Å²) in [5.74, 6) is 2.77. The maximum absolute atomic E-state index is 12.4. The first-order chi connectivity index (χ1) is 9.71. The van der Waals surface area contributed by atoms with Crippen LogP contribution in [0.15, 0.2) is 6.20 Å². The predicted molar refractivity (Wildman–Crippen MR) is 73.0 cm³/mol. The van der Waals surface area contributed by atoms with E-state index in [1.165, 1.54) is 46.1 Å². The molecule has 0 radical (unpaired) electrons. The summed E-state index contributed by atoms with van der Waals surface area (Å²) >= 11 is 0. The average molecular weight is 276 g/mol. The van der Waals surface area contributed by atoms with Crippen LogP contribution in [0.4, 0.5) is 0 Å². The van der Waals surface area contributed by atoms with Crippen molar-refractivity contribution in [1.29, 1.82) is 0 Å². The molecule has 3 unspecified atom stereocenters. The van der Waals surface area contributed by atoms with Crippen molar-refractivity contribution in [2.24, 2.45) is 17.8 Å². The number of ether oxygens (including phenoxy) is 2. The Hall–Kier alpha value is -1.65. The highest BCUT2D eigenvalue weighted by Crippen LogP contribution is 2.49. The largest absolute Gasteiger partial charge is 0.480 e. The lowest BCUT2D eigenvalue weighted by molar-refractivity contribution is 0.0935. The molecule has 2 saturated carbocycles. The smallest absolute Gasteiger partial charge is 0.246 e. The molecule has 2 fully saturated rings. The fraction of sp³-hybridized carbons (Fsp3) is 0.667. The molecule has 3 atom stereocenters. The van der Waals surface area contributed by atoms with Gasteiger partial charge in [0.1, 0.15) is 0 Å². The van der Waals surface area contributed by atoms with Crippen LogP contribution in [0.1, 0.15) is 42.6 Å². The standard InChI is InChI=1S/C15H20N2O3/c1-19-13-8-16-14(15(17-13)20-2)12(18)7-11-6-9-3-4-10(11)5-9/h8-11H,3-7H2,1-2H3. The van der Waals surface area contributed by atoms with E-state index in [0.717, 1.165) is 11.8 Å². The van der Waals surface area contributed by atoms with Crippen LogP contribution in [0.25, 0.3) is 0 Å². The third-order valence-electron chi connectivity index (χ3n) is 4.72. The molecular formula is C15H20N2O3. The lowest BCUT2D eigenvalue weighted by atomic mass is 9.85. The number of ketones is 1. The summed E-state index contributed by atoms with van der Waals surface area (Å²) in [5, 5.41) is 0. The number of carbonyl (C=O) groups is 1. The Labute approximate surface area is 118 Å². The minimum Gasteiger partial charge on any atom is -0.480 e. The molecule has 2 aliphatic rings. The van der Waals surface area contributed by atoms with Crippen LogP contribution in [0.5, 0.6) is 11.8 Å². The molecule has 5 nitrogen and oxygen atoms in total. The molecule has 2 aliphatic carbocycles. The van der Waals surface area contributed by atoms with Crippen LogP contribution in [0.3, 0.4) is 0 Å². The monoisotopic (exact) mass is 276 g/mol. The van der Waals surface area contributed by atoms with Gasteiger partial charge >= 0.3 is 0 Å². The molecule has 0 spiro atoms. The van der Waals surface area contributed by atoms with Crippen LogP contribution in [-0.2, 0) is 0 Å². The Morgan fingerprint density at radius 3 is 2.75 bits per heavy atom. The fourth-order valence-corrected chi connectivity index (χ4v) is 3.75. The van der Waals surface area contributed by atoms with Gasteiger partial charge in [-0.25, -0.2) is 4.98 Å². The van der Waals surface area contributed by atoms with Gasteiger partial charge in [-0.05, 0) is 37.0 Å². The molecule has 5 heteroatoms. The zero-order valence-electron chi connectivity index (χ0n) is 12.0. The van der Waals surface area contributed by atoms with Gasteiger partial charge in [0.15, 0.2) is 11.5 Å². The third-order valence-corrected chi connectivity index (χ3v) is 4.72. The SMILES string of the molecule is COc1cnc(C(=O)CC2CC3CCC2C3)c(OC)n1. The summed E-state index contributed by atoms with van der Waals surface area (Å²) in [4.78, 5) is 20.7. The molecule has 1 aromatic rings.